The van der Waals surface area contributed by atoms with Crippen LogP contribution in [-0.2, 0) is 20.7 Å². The minimum Gasteiger partial charge on any atom is -0.492 e. The van der Waals surface area contributed by atoms with Crippen LogP contribution in [0.4, 0.5) is 11.4 Å². The first kappa shape index (κ1) is 26.9. The summed E-state index contributed by atoms with van der Waals surface area (Å²) < 4.78 is 11.2. The van der Waals surface area contributed by atoms with E-state index in [0.29, 0.717) is 45.7 Å². The first-order chi connectivity index (χ1) is 18.9. The molecule has 10 nitrogen and oxygen atoms in total. The van der Waals surface area contributed by atoms with Gasteiger partial charge in [-0.25, -0.2) is 0 Å². The highest BCUT2D eigenvalue weighted by Gasteiger charge is 2.44. The van der Waals surface area contributed by atoms with Crippen molar-refractivity contribution in [2.75, 3.05) is 57.4 Å². The number of non-ortho nitro benzene ring substituents is 1. The fourth-order valence-corrected chi connectivity index (χ4v) is 6.14. The number of esters is 1. The van der Waals surface area contributed by atoms with Crippen LogP contribution < -0.4 is 9.64 Å². The summed E-state index contributed by atoms with van der Waals surface area (Å²) in [5.41, 5.74) is 1.84. The minimum absolute atomic E-state index is 0.0125. The number of carbonyl (C=O) groups excluding carboxylic acids is 2. The number of para-hydroxylation sites is 1. The summed E-state index contributed by atoms with van der Waals surface area (Å²) >= 11 is 0. The van der Waals surface area contributed by atoms with E-state index in [1.807, 2.05) is 41.3 Å². The molecule has 3 aliphatic rings. The van der Waals surface area contributed by atoms with Gasteiger partial charge in [-0.2, -0.15) is 0 Å². The minimum atomic E-state index is -0.386. The molecule has 2 saturated heterocycles. The van der Waals surface area contributed by atoms with Gasteiger partial charge >= 0.3 is 5.97 Å². The Morgan fingerprint density at radius 3 is 2.67 bits per heavy atom. The molecule has 3 unspecified atom stereocenters. The zero-order valence-corrected chi connectivity index (χ0v) is 22.4. The lowest BCUT2D eigenvalue weighted by Crippen LogP contribution is -2.62. The maximum absolute atomic E-state index is 14.0. The van der Waals surface area contributed by atoms with Gasteiger partial charge in [0.25, 0.3) is 5.69 Å². The van der Waals surface area contributed by atoms with Gasteiger partial charge in [-0.05, 0) is 49.9 Å². The van der Waals surface area contributed by atoms with Crippen molar-refractivity contribution in [3.63, 3.8) is 0 Å². The number of amides is 1. The van der Waals surface area contributed by atoms with E-state index in [1.165, 1.54) is 0 Å². The molecule has 10 heteroatoms. The summed E-state index contributed by atoms with van der Waals surface area (Å²) in [5, 5.41) is 11.5. The number of rotatable bonds is 8. The molecular formula is C29H36N4O6. The van der Waals surface area contributed by atoms with Crippen LogP contribution in [0.5, 0.6) is 5.75 Å². The second-order valence-electron chi connectivity index (χ2n) is 10.5. The molecule has 2 aromatic carbocycles. The van der Waals surface area contributed by atoms with Crippen LogP contribution in [-0.4, -0.2) is 85.1 Å². The second-order valence-corrected chi connectivity index (χ2v) is 10.5. The standard InChI is InChI=1S/C29H36N4O6/c1-2-38-29(35)21-7-6-12-31(19-21)28(34)25-18-22-17-23(33(36)37)10-11-26(22)32-14-13-30(20-27(25)32)15-16-39-24-8-4-3-5-9-24/h3-5,8-11,17,21,25,27H,2,6-7,12-16,18-20H2,1H3. The van der Waals surface area contributed by atoms with E-state index in [4.69, 9.17) is 9.47 Å². The topological polar surface area (TPSA) is 105 Å². The van der Waals surface area contributed by atoms with Crippen molar-refractivity contribution in [1.29, 1.82) is 0 Å². The number of fused-ring (bicyclic) bond motifs is 3. The Labute approximate surface area is 228 Å². The SMILES string of the molecule is CCOC(=O)C1CCCN(C(=O)C2Cc3cc([N+](=O)[O-])ccc3N3CCN(CCOc4ccccc4)CC23)C1. The number of benzene rings is 2. The number of hydrogen-bond acceptors (Lipinski definition) is 8. The maximum Gasteiger partial charge on any atom is 0.310 e. The third kappa shape index (κ3) is 6.00. The van der Waals surface area contributed by atoms with Crippen LogP contribution in [0.15, 0.2) is 48.5 Å². The zero-order valence-electron chi connectivity index (χ0n) is 22.4. The molecule has 3 aliphatic heterocycles. The lowest BCUT2D eigenvalue weighted by molar-refractivity contribution is -0.384. The number of piperidine rings is 1. The molecule has 2 aromatic rings. The Morgan fingerprint density at radius 1 is 1.08 bits per heavy atom. The molecule has 5 rings (SSSR count). The molecule has 0 spiro atoms. The van der Waals surface area contributed by atoms with Crippen LogP contribution in [0, 0.1) is 22.0 Å². The van der Waals surface area contributed by atoms with Gasteiger partial charge in [0.15, 0.2) is 0 Å². The number of piperazine rings is 1. The largest absolute Gasteiger partial charge is 0.492 e. The van der Waals surface area contributed by atoms with Crippen LogP contribution in [0.3, 0.4) is 0 Å². The summed E-state index contributed by atoms with van der Waals surface area (Å²) in [6.45, 7) is 6.58. The molecule has 2 fully saturated rings. The number of hydrogen-bond donors (Lipinski definition) is 0. The van der Waals surface area contributed by atoms with E-state index in [1.54, 1.807) is 19.1 Å². The molecule has 208 valence electrons. The summed E-state index contributed by atoms with van der Waals surface area (Å²) in [5.74, 6) is -0.0762. The summed E-state index contributed by atoms with van der Waals surface area (Å²) in [7, 11) is 0. The van der Waals surface area contributed by atoms with E-state index in [-0.39, 0.29) is 40.4 Å². The van der Waals surface area contributed by atoms with Crippen molar-refractivity contribution in [2.24, 2.45) is 11.8 Å². The Morgan fingerprint density at radius 2 is 1.90 bits per heavy atom. The smallest absolute Gasteiger partial charge is 0.310 e. The average Bonchev–Trinajstić information content (AvgIpc) is 2.96. The molecule has 39 heavy (non-hydrogen) atoms. The Bertz CT molecular complexity index is 1190. The molecular weight excluding hydrogens is 500 g/mol. The maximum atomic E-state index is 14.0. The Hall–Kier alpha value is -3.66. The zero-order chi connectivity index (χ0) is 27.4. The number of nitro groups is 1. The second kappa shape index (κ2) is 12.0. The molecule has 0 aromatic heterocycles. The van der Waals surface area contributed by atoms with Gasteiger partial charge in [-0.1, -0.05) is 18.2 Å². The van der Waals surface area contributed by atoms with Crippen molar-refractivity contribution in [2.45, 2.75) is 32.2 Å². The predicted molar refractivity (Wildman–Crippen MR) is 146 cm³/mol. The van der Waals surface area contributed by atoms with Crippen molar-refractivity contribution >= 4 is 23.3 Å². The van der Waals surface area contributed by atoms with Crippen LogP contribution in [0.25, 0.3) is 0 Å². The number of nitro benzene ring substituents is 1. The lowest BCUT2D eigenvalue weighted by atomic mass is 9.82. The molecule has 0 aliphatic carbocycles. The molecule has 3 heterocycles. The van der Waals surface area contributed by atoms with Crippen LogP contribution in [0.1, 0.15) is 25.3 Å². The first-order valence-electron chi connectivity index (χ1n) is 13.8. The average molecular weight is 537 g/mol. The van der Waals surface area contributed by atoms with Gasteiger partial charge in [-0.3, -0.25) is 24.6 Å². The quantitative estimate of drug-likeness (QED) is 0.288. The molecule has 1 amide bonds. The molecule has 0 saturated carbocycles. The van der Waals surface area contributed by atoms with Crippen molar-refractivity contribution in [3.8, 4) is 5.75 Å². The molecule has 3 atom stereocenters. The third-order valence-electron chi connectivity index (χ3n) is 8.08. The van der Waals surface area contributed by atoms with E-state index < -0.39 is 0 Å². The fourth-order valence-electron chi connectivity index (χ4n) is 6.14. The summed E-state index contributed by atoms with van der Waals surface area (Å²) in [4.78, 5) is 44.0. The number of nitrogens with zero attached hydrogens (tertiary/aromatic N) is 4. The van der Waals surface area contributed by atoms with Crippen molar-refractivity contribution < 1.29 is 24.0 Å². The van der Waals surface area contributed by atoms with Gasteiger partial charge in [0.05, 0.1) is 29.4 Å². The Kier molecular flexibility index (Phi) is 8.30. The number of likely N-dealkylation sites (tertiary alicyclic amines) is 1. The van der Waals surface area contributed by atoms with E-state index in [2.05, 4.69) is 9.80 Å². The number of anilines is 1. The first-order valence-corrected chi connectivity index (χ1v) is 13.8. The third-order valence-corrected chi connectivity index (χ3v) is 8.08. The van der Waals surface area contributed by atoms with Crippen molar-refractivity contribution in [3.05, 3.63) is 64.2 Å². The van der Waals surface area contributed by atoms with Gasteiger partial charge in [0, 0.05) is 57.1 Å². The van der Waals surface area contributed by atoms with Crippen LogP contribution in [0.2, 0.25) is 0 Å². The highest BCUT2D eigenvalue weighted by Crippen LogP contribution is 2.39. The highest BCUT2D eigenvalue weighted by molar-refractivity contribution is 5.83. The predicted octanol–water partition coefficient (Wildman–Crippen LogP) is 3.14. The van der Waals surface area contributed by atoms with Gasteiger partial charge in [0.1, 0.15) is 12.4 Å². The van der Waals surface area contributed by atoms with Gasteiger partial charge in [-0.15, -0.1) is 0 Å². The molecule has 0 N–H and O–H groups in total. The normalized spacial score (nSPS) is 22.9. The van der Waals surface area contributed by atoms with Crippen LogP contribution >= 0.6 is 0 Å². The highest BCUT2D eigenvalue weighted by atomic mass is 16.6. The number of carbonyl (C=O) groups is 2. The number of ether oxygens (including phenoxy) is 2. The van der Waals surface area contributed by atoms with Gasteiger partial charge in [0.2, 0.25) is 5.91 Å². The van der Waals surface area contributed by atoms with E-state index in [0.717, 1.165) is 43.1 Å². The van der Waals surface area contributed by atoms with E-state index in [9.17, 15) is 19.7 Å². The summed E-state index contributed by atoms with van der Waals surface area (Å²) in [6.07, 6.45) is 1.90. The Balaban J connectivity index is 1.34. The molecule has 0 radical (unpaired) electrons. The van der Waals surface area contributed by atoms with Crippen molar-refractivity contribution in [1.82, 2.24) is 9.80 Å². The van der Waals surface area contributed by atoms with Gasteiger partial charge < -0.3 is 19.3 Å². The lowest BCUT2D eigenvalue weighted by Gasteiger charge is -2.50. The monoisotopic (exact) mass is 536 g/mol. The van der Waals surface area contributed by atoms with E-state index >= 15 is 0 Å². The molecule has 0 bridgehead atoms. The summed E-state index contributed by atoms with van der Waals surface area (Å²) in [6, 6.07) is 14.6. The fraction of sp³-hybridized carbons (Fsp3) is 0.517.